The van der Waals surface area contributed by atoms with E-state index in [0.717, 1.165) is 30.7 Å². The number of rotatable bonds is 3. The highest BCUT2D eigenvalue weighted by Gasteiger charge is 2.43. The van der Waals surface area contributed by atoms with Crippen LogP contribution in [0.1, 0.15) is 35.4 Å². The number of nitrogens with two attached hydrogens (primary N) is 1. The van der Waals surface area contributed by atoms with Crippen molar-refractivity contribution in [2.45, 2.75) is 43.9 Å². The van der Waals surface area contributed by atoms with Crippen molar-refractivity contribution in [2.75, 3.05) is 24.9 Å². The third-order valence-corrected chi connectivity index (χ3v) is 5.58. The van der Waals surface area contributed by atoms with Crippen molar-refractivity contribution in [2.24, 2.45) is 0 Å². The van der Waals surface area contributed by atoms with Crippen LogP contribution in [0.5, 0.6) is 5.75 Å². The Bertz CT molecular complexity index is 545. The highest BCUT2D eigenvalue weighted by atomic mass is 32.1. The number of carbonyl (C=O) groups excluding carboxylic acids is 1. The van der Waals surface area contributed by atoms with Gasteiger partial charge in [-0.05, 0) is 25.7 Å². The van der Waals surface area contributed by atoms with Gasteiger partial charge in [-0.15, -0.1) is 11.3 Å². The van der Waals surface area contributed by atoms with E-state index < -0.39 is 5.97 Å². The van der Waals surface area contributed by atoms with Gasteiger partial charge in [-0.1, -0.05) is 0 Å². The van der Waals surface area contributed by atoms with E-state index in [0.29, 0.717) is 16.3 Å². The van der Waals surface area contributed by atoms with Crippen molar-refractivity contribution >= 4 is 28.0 Å². The highest BCUT2D eigenvalue weighted by Crippen LogP contribution is 2.50. The van der Waals surface area contributed by atoms with Crippen molar-refractivity contribution < 1.29 is 19.4 Å². The zero-order valence-electron chi connectivity index (χ0n) is 12.2. The largest absolute Gasteiger partial charge is 0.492 e. The maximum absolute atomic E-state index is 11.8. The van der Waals surface area contributed by atoms with E-state index in [2.05, 4.69) is 4.90 Å². The number of carbonyl (C=O) groups is 1. The molecule has 0 aliphatic carbocycles. The van der Waals surface area contributed by atoms with Crippen LogP contribution in [0.4, 0.5) is 10.7 Å². The molecule has 3 rings (SSSR count). The van der Waals surface area contributed by atoms with Crippen LogP contribution >= 0.6 is 11.3 Å². The van der Waals surface area contributed by atoms with E-state index in [-0.39, 0.29) is 18.2 Å². The molecule has 0 amide bonds. The van der Waals surface area contributed by atoms with Gasteiger partial charge < -0.3 is 25.2 Å². The van der Waals surface area contributed by atoms with Crippen molar-refractivity contribution in [3.8, 4) is 5.75 Å². The number of esters is 1. The minimum Gasteiger partial charge on any atom is -0.492 e. The molecule has 0 saturated carbocycles. The molecular weight excluding hydrogens is 292 g/mol. The summed E-state index contributed by atoms with van der Waals surface area (Å²) in [7, 11) is 2.90. The third kappa shape index (κ3) is 2.24. The molecule has 3 N–H and O–H groups in total. The zero-order chi connectivity index (χ0) is 15.1. The monoisotopic (exact) mass is 312 g/mol. The molecule has 1 aromatic heterocycles. The van der Waals surface area contributed by atoms with Gasteiger partial charge in [0.25, 0.3) is 0 Å². The molecule has 0 spiro atoms. The van der Waals surface area contributed by atoms with Crippen LogP contribution < -0.4 is 15.4 Å². The van der Waals surface area contributed by atoms with Crippen LogP contribution in [0, 0.1) is 0 Å². The molecule has 21 heavy (non-hydrogen) atoms. The molecule has 7 heteroatoms. The maximum Gasteiger partial charge on any atom is 0.350 e. The Morgan fingerprint density at radius 3 is 2.48 bits per heavy atom. The molecule has 0 radical (unpaired) electrons. The van der Waals surface area contributed by atoms with Gasteiger partial charge in [-0.2, -0.15) is 0 Å². The highest BCUT2D eigenvalue weighted by molar-refractivity contribution is 7.19. The fraction of sp³-hybridized carbons (Fsp3) is 0.643. The molecule has 2 aliphatic rings. The number of aliphatic hydroxyl groups excluding tert-OH is 1. The molecule has 3 heterocycles. The van der Waals surface area contributed by atoms with Crippen LogP contribution in [0.25, 0.3) is 0 Å². The summed E-state index contributed by atoms with van der Waals surface area (Å²) < 4.78 is 10.2. The predicted molar refractivity (Wildman–Crippen MR) is 81.2 cm³/mol. The van der Waals surface area contributed by atoms with Gasteiger partial charge in [0.15, 0.2) is 5.75 Å². The molecule has 1 aromatic rings. The summed E-state index contributed by atoms with van der Waals surface area (Å²) in [6.45, 7) is 0. The summed E-state index contributed by atoms with van der Waals surface area (Å²) in [5.41, 5.74) is 6.39. The Balaban J connectivity index is 2.01. The third-order valence-electron chi connectivity index (χ3n) is 4.40. The summed E-state index contributed by atoms with van der Waals surface area (Å²) >= 11 is 1.32. The van der Waals surface area contributed by atoms with Crippen molar-refractivity contribution in [3.63, 3.8) is 0 Å². The topological polar surface area (TPSA) is 85.0 Å². The van der Waals surface area contributed by atoms with Crippen molar-refractivity contribution in [3.05, 3.63) is 4.88 Å². The van der Waals surface area contributed by atoms with E-state index in [9.17, 15) is 9.90 Å². The Morgan fingerprint density at radius 1 is 1.33 bits per heavy atom. The SMILES string of the molecule is COC(=O)c1sc(N2C3CCC2CC(O)C3)c(OC)c1N. The minimum atomic E-state index is -0.438. The summed E-state index contributed by atoms with van der Waals surface area (Å²) in [6, 6.07) is 0.576. The van der Waals surface area contributed by atoms with E-state index in [4.69, 9.17) is 15.2 Å². The second-order valence-corrected chi connectivity index (χ2v) is 6.59. The van der Waals surface area contributed by atoms with Gasteiger partial charge in [0, 0.05) is 12.1 Å². The Morgan fingerprint density at radius 2 is 1.95 bits per heavy atom. The lowest BCUT2D eigenvalue weighted by Gasteiger charge is -2.38. The number of anilines is 2. The van der Waals surface area contributed by atoms with E-state index >= 15 is 0 Å². The molecule has 2 unspecified atom stereocenters. The van der Waals surface area contributed by atoms with Crippen LogP contribution in [0.3, 0.4) is 0 Å². The predicted octanol–water partition coefficient (Wildman–Crippen LogP) is 1.62. The number of hydrogen-bond acceptors (Lipinski definition) is 7. The molecule has 116 valence electrons. The van der Waals surface area contributed by atoms with Crippen LogP contribution in [-0.4, -0.2) is 43.5 Å². The smallest absolute Gasteiger partial charge is 0.350 e. The van der Waals surface area contributed by atoms with Gasteiger partial charge in [0.2, 0.25) is 0 Å². The Labute approximate surface area is 127 Å². The van der Waals surface area contributed by atoms with Gasteiger partial charge in [-0.25, -0.2) is 4.79 Å². The van der Waals surface area contributed by atoms with Gasteiger partial charge in [0.1, 0.15) is 15.6 Å². The van der Waals surface area contributed by atoms with Crippen LogP contribution in [0.2, 0.25) is 0 Å². The number of methoxy groups -OCH3 is 2. The average Bonchev–Trinajstić information content (AvgIpc) is 2.92. The Hall–Kier alpha value is -1.47. The first-order valence-electron chi connectivity index (χ1n) is 7.07. The molecule has 2 atom stereocenters. The fourth-order valence-electron chi connectivity index (χ4n) is 3.51. The number of ether oxygens (including phenoxy) is 2. The number of aliphatic hydroxyl groups is 1. The first-order valence-corrected chi connectivity index (χ1v) is 7.89. The number of thiophene rings is 1. The zero-order valence-corrected chi connectivity index (χ0v) is 13.0. The number of hydrogen-bond donors (Lipinski definition) is 2. The first kappa shape index (κ1) is 14.5. The minimum absolute atomic E-state index is 0.234. The quantitative estimate of drug-likeness (QED) is 0.825. The lowest BCUT2D eigenvalue weighted by Crippen LogP contribution is -2.44. The average molecular weight is 312 g/mol. The van der Waals surface area contributed by atoms with Crippen molar-refractivity contribution in [1.82, 2.24) is 0 Å². The van der Waals surface area contributed by atoms with Gasteiger partial charge in [-0.3, -0.25) is 0 Å². The van der Waals surface area contributed by atoms with Crippen molar-refractivity contribution in [1.29, 1.82) is 0 Å². The molecule has 0 aromatic carbocycles. The summed E-state index contributed by atoms with van der Waals surface area (Å²) in [6.07, 6.45) is 3.38. The fourth-order valence-corrected chi connectivity index (χ4v) is 4.76. The second-order valence-electron chi connectivity index (χ2n) is 5.59. The first-order chi connectivity index (χ1) is 10.1. The number of nitrogens with zero attached hydrogens (tertiary/aromatic N) is 1. The standard InChI is InChI=1S/C14H20N2O4S/c1-19-11-10(15)12(14(18)20-2)21-13(11)16-7-3-4-8(16)6-9(17)5-7/h7-9,17H,3-6,15H2,1-2H3. The summed E-state index contributed by atoms with van der Waals surface area (Å²) in [5, 5.41) is 10.8. The lowest BCUT2D eigenvalue weighted by molar-refractivity contribution is 0.0607. The molecule has 2 fully saturated rings. The number of piperidine rings is 1. The molecule has 2 aliphatic heterocycles. The molecule has 2 saturated heterocycles. The van der Waals surface area contributed by atoms with Gasteiger partial charge >= 0.3 is 5.97 Å². The van der Waals surface area contributed by atoms with E-state index in [1.807, 2.05) is 0 Å². The van der Waals surface area contributed by atoms with Gasteiger partial charge in [0.05, 0.1) is 20.3 Å². The lowest BCUT2D eigenvalue weighted by atomic mass is 10.0. The summed E-state index contributed by atoms with van der Waals surface area (Å²) in [4.78, 5) is 14.5. The molecular formula is C14H20N2O4S. The van der Waals surface area contributed by atoms with Crippen LogP contribution in [0.15, 0.2) is 0 Å². The number of fused-ring (bicyclic) bond motifs is 2. The second kappa shape index (κ2) is 5.38. The maximum atomic E-state index is 11.8. The molecule has 6 nitrogen and oxygen atoms in total. The van der Waals surface area contributed by atoms with E-state index in [1.54, 1.807) is 7.11 Å². The van der Waals surface area contributed by atoms with Crippen LogP contribution in [-0.2, 0) is 4.74 Å². The number of nitrogen functional groups attached to an aromatic ring is 1. The normalized spacial score (nSPS) is 27.8. The Kier molecular flexibility index (Phi) is 3.71. The summed E-state index contributed by atoms with van der Waals surface area (Å²) in [5.74, 6) is 0.111. The molecule has 2 bridgehead atoms. The van der Waals surface area contributed by atoms with E-state index in [1.165, 1.54) is 18.4 Å².